The summed E-state index contributed by atoms with van der Waals surface area (Å²) in [5.74, 6) is 0.397. The molecule has 0 aliphatic carbocycles. The van der Waals surface area contributed by atoms with Crippen molar-refractivity contribution in [3.63, 3.8) is 0 Å². The van der Waals surface area contributed by atoms with Crippen LogP contribution in [0.4, 0.5) is 0 Å². The zero-order valence-electron chi connectivity index (χ0n) is 16.0. The van der Waals surface area contributed by atoms with Crippen LogP contribution < -0.4 is 9.47 Å². The molecule has 6 heteroatoms. The molecule has 3 rings (SSSR count). The molecule has 0 atom stereocenters. The van der Waals surface area contributed by atoms with Gasteiger partial charge in [-0.15, -0.1) is 0 Å². The van der Waals surface area contributed by atoms with E-state index in [0.717, 1.165) is 28.6 Å². The molecule has 0 bridgehead atoms. The molecule has 0 saturated heterocycles. The van der Waals surface area contributed by atoms with Gasteiger partial charge in [-0.05, 0) is 43.2 Å². The van der Waals surface area contributed by atoms with Gasteiger partial charge >= 0.3 is 5.97 Å². The molecule has 0 amide bonds. The molecule has 3 aromatic rings. The number of hydrogen-bond donors (Lipinski definition) is 1. The highest BCUT2D eigenvalue weighted by Crippen LogP contribution is 2.22. The molecule has 2 aromatic carbocycles. The molecular weight excluding hydrogens is 358 g/mol. The summed E-state index contributed by atoms with van der Waals surface area (Å²) in [6, 6.07) is 12.8. The molecule has 28 heavy (non-hydrogen) atoms. The Morgan fingerprint density at radius 2 is 1.64 bits per heavy atom. The largest absolute Gasteiger partial charge is 0.494 e. The van der Waals surface area contributed by atoms with Crippen molar-refractivity contribution >= 4 is 22.7 Å². The Hall–Kier alpha value is -3.28. The van der Waals surface area contributed by atoms with Gasteiger partial charge in [0, 0.05) is 22.7 Å². The standard InChI is InChI=1S/C22H23NO5/c1-3-15-6-5-7-18-19(12-23-22(15)18)20(24)13-28-21(25)14-27-17-10-8-16(9-11-17)26-4-2/h5-12,23H,3-4,13-14H2,1-2H3. The number of hydrogen-bond acceptors (Lipinski definition) is 5. The predicted octanol–water partition coefficient (Wildman–Crippen LogP) is 3.93. The Kier molecular flexibility index (Phi) is 6.32. The van der Waals surface area contributed by atoms with Gasteiger partial charge in [-0.2, -0.15) is 0 Å². The van der Waals surface area contributed by atoms with E-state index < -0.39 is 5.97 Å². The van der Waals surface area contributed by atoms with Gasteiger partial charge in [0.2, 0.25) is 5.78 Å². The molecule has 6 nitrogen and oxygen atoms in total. The third-order valence-corrected chi connectivity index (χ3v) is 4.34. The molecule has 0 spiro atoms. The van der Waals surface area contributed by atoms with E-state index >= 15 is 0 Å². The Labute approximate surface area is 163 Å². The maximum Gasteiger partial charge on any atom is 0.344 e. The van der Waals surface area contributed by atoms with Gasteiger partial charge in [0.15, 0.2) is 13.2 Å². The summed E-state index contributed by atoms with van der Waals surface area (Å²) >= 11 is 0. The Bertz CT molecular complexity index is 959. The number of para-hydroxylation sites is 1. The quantitative estimate of drug-likeness (QED) is 0.449. The van der Waals surface area contributed by atoms with Crippen LogP contribution in [0, 0.1) is 0 Å². The van der Waals surface area contributed by atoms with Gasteiger partial charge in [-0.1, -0.05) is 25.1 Å². The van der Waals surface area contributed by atoms with E-state index in [0.29, 0.717) is 17.9 Å². The van der Waals surface area contributed by atoms with Gasteiger partial charge in [-0.25, -0.2) is 4.79 Å². The number of aryl methyl sites for hydroxylation is 1. The van der Waals surface area contributed by atoms with E-state index in [1.54, 1.807) is 30.5 Å². The number of Topliss-reactive ketones (excluding diaryl/α,β-unsaturated/α-hetero) is 1. The van der Waals surface area contributed by atoms with Crippen LogP contribution in [0.5, 0.6) is 11.5 Å². The van der Waals surface area contributed by atoms with Crippen molar-refractivity contribution in [2.24, 2.45) is 0 Å². The minimum absolute atomic E-state index is 0.256. The fraction of sp³-hybridized carbons (Fsp3) is 0.273. The number of ketones is 1. The highest BCUT2D eigenvalue weighted by Gasteiger charge is 2.15. The number of esters is 1. The van der Waals surface area contributed by atoms with Crippen molar-refractivity contribution in [1.82, 2.24) is 4.98 Å². The average Bonchev–Trinajstić information content (AvgIpc) is 3.16. The van der Waals surface area contributed by atoms with E-state index in [2.05, 4.69) is 11.9 Å². The second-order valence-corrected chi connectivity index (χ2v) is 6.17. The van der Waals surface area contributed by atoms with E-state index in [1.165, 1.54) is 0 Å². The van der Waals surface area contributed by atoms with Crippen LogP contribution in [-0.4, -0.2) is 36.6 Å². The number of H-pyrrole nitrogens is 1. The molecule has 146 valence electrons. The highest BCUT2D eigenvalue weighted by atomic mass is 16.6. The summed E-state index contributed by atoms with van der Waals surface area (Å²) in [6.45, 7) is 3.95. The molecule has 0 saturated carbocycles. The van der Waals surface area contributed by atoms with Gasteiger partial charge in [0.25, 0.3) is 0 Å². The molecule has 0 aliphatic heterocycles. The SMILES string of the molecule is CCOc1ccc(OCC(=O)OCC(=O)c2c[nH]c3c(CC)cccc23)cc1. The van der Waals surface area contributed by atoms with Crippen molar-refractivity contribution in [2.45, 2.75) is 20.3 Å². The lowest BCUT2D eigenvalue weighted by atomic mass is 10.1. The number of ether oxygens (including phenoxy) is 3. The van der Waals surface area contributed by atoms with Crippen molar-refractivity contribution in [2.75, 3.05) is 19.8 Å². The van der Waals surface area contributed by atoms with Crippen LogP contribution in [-0.2, 0) is 16.0 Å². The van der Waals surface area contributed by atoms with Crippen molar-refractivity contribution in [1.29, 1.82) is 0 Å². The number of benzene rings is 2. The Morgan fingerprint density at radius 3 is 2.32 bits per heavy atom. The summed E-state index contributed by atoms with van der Waals surface area (Å²) < 4.78 is 15.8. The van der Waals surface area contributed by atoms with Gasteiger partial charge in [0.05, 0.1) is 6.61 Å². The lowest BCUT2D eigenvalue weighted by Crippen LogP contribution is -2.19. The number of carbonyl (C=O) groups excluding carboxylic acids is 2. The summed E-state index contributed by atoms with van der Waals surface area (Å²) in [6.07, 6.45) is 2.53. The summed E-state index contributed by atoms with van der Waals surface area (Å²) in [7, 11) is 0. The average molecular weight is 381 g/mol. The molecule has 0 fully saturated rings. The fourth-order valence-electron chi connectivity index (χ4n) is 2.95. The van der Waals surface area contributed by atoms with Gasteiger partial charge in [-0.3, -0.25) is 4.79 Å². The van der Waals surface area contributed by atoms with Crippen LogP contribution in [0.2, 0.25) is 0 Å². The number of aromatic amines is 1. The second-order valence-electron chi connectivity index (χ2n) is 6.17. The summed E-state index contributed by atoms with van der Waals surface area (Å²) in [5, 5.41) is 0.839. The first-order valence-corrected chi connectivity index (χ1v) is 9.25. The minimum atomic E-state index is -0.601. The maximum absolute atomic E-state index is 12.4. The topological polar surface area (TPSA) is 77.6 Å². The first kappa shape index (κ1) is 19.5. The van der Waals surface area contributed by atoms with Crippen LogP contribution in [0.15, 0.2) is 48.7 Å². The predicted molar refractivity (Wildman–Crippen MR) is 106 cm³/mol. The zero-order valence-corrected chi connectivity index (χ0v) is 16.0. The molecule has 0 aliphatic rings. The van der Waals surface area contributed by atoms with E-state index in [-0.39, 0.29) is 19.0 Å². The number of nitrogens with one attached hydrogen (secondary N) is 1. The fourth-order valence-corrected chi connectivity index (χ4v) is 2.95. The molecule has 0 radical (unpaired) electrons. The summed E-state index contributed by atoms with van der Waals surface area (Å²) in [4.78, 5) is 27.5. The van der Waals surface area contributed by atoms with Crippen molar-refractivity contribution in [3.8, 4) is 11.5 Å². The number of fused-ring (bicyclic) bond motifs is 1. The van der Waals surface area contributed by atoms with Gasteiger partial charge < -0.3 is 19.2 Å². The maximum atomic E-state index is 12.4. The lowest BCUT2D eigenvalue weighted by molar-refractivity contribution is -0.144. The third-order valence-electron chi connectivity index (χ3n) is 4.34. The minimum Gasteiger partial charge on any atom is -0.494 e. The first-order chi connectivity index (χ1) is 13.6. The lowest BCUT2D eigenvalue weighted by Gasteiger charge is -2.08. The zero-order chi connectivity index (χ0) is 19.9. The third kappa shape index (κ3) is 4.52. The van der Waals surface area contributed by atoms with E-state index in [4.69, 9.17) is 14.2 Å². The van der Waals surface area contributed by atoms with Crippen molar-refractivity contribution in [3.05, 3.63) is 59.8 Å². The van der Waals surface area contributed by atoms with Crippen LogP contribution in [0.25, 0.3) is 10.9 Å². The molecule has 1 heterocycles. The Balaban J connectivity index is 1.52. The second kappa shape index (κ2) is 9.08. The normalized spacial score (nSPS) is 10.6. The number of aromatic nitrogens is 1. The monoisotopic (exact) mass is 381 g/mol. The van der Waals surface area contributed by atoms with Gasteiger partial charge in [0.1, 0.15) is 11.5 Å². The summed E-state index contributed by atoms with van der Waals surface area (Å²) in [5.41, 5.74) is 2.60. The first-order valence-electron chi connectivity index (χ1n) is 9.25. The van der Waals surface area contributed by atoms with Crippen LogP contribution >= 0.6 is 0 Å². The molecular formula is C22H23NO5. The van der Waals surface area contributed by atoms with Crippen molar-refractivity contribution < 1.29 is 23.8 Å². The highest BCUT2D eigenvalue weighted by molar-refractivity contribution is 6.09. The molecule has 1 aromatic heterocycles. The van der Waals surface area contributed by atoms with Crippen LogP contribution in [0.1, 0.15) is 29.8 Å². The number of rotatable bonds is 9. The Morgan fingerprint density at radius 1 is 0.929 bits per heavy atom. The van der Waals surface area contributed by atoms with E-state index in [9.17, 15) is 9.59 Å². The van der Waals surface area contributed by atoms with E-state index in [1.807, 2.05) is 25.1 Å². The number of carbonyl (C=O) groups is 2. The molecule has 0 unspecified atom stereocenters. The smallest absolute Gasteiger partial charge is 0.344 e. The van der Waals surface area contributed by atoms with Crippen LogP contribution in [0.3, 0.4) is 0 Å². The molecule has 1 N–H and O–H groups in total.